The zero-order valence-corrected chi connectivity index (χ0v) is 39.2. The van der Waals surface area contributed by atoms with E-state index in [1.54, 1.807) is 22.3 Å². The summed E-state index contributed by atoms with van der Waals surface area (Å²) in [7, 11) is -2.21. The van der Waals surface area contributed by atoms with Crippen LogP contribution in [-0.4, -0.2) is 8.07 Å². The first-order chi connectivity index (χ1) is 25.2. The fraction of sp³-hybridized carbons (Fsp3) is 0.440. The van der Waals surface area contributed by atoms with E-state index in [9.17, 15) is 0 Å². The van der Waals surface area contributed by atoms with Gasteiger partial charge in [0, 0.05) is 0 Å². The Morgan fingerprint density at radius 1 is 0.519 bits per heavy atom. The quantitative estimate of drug-likeness (QED) is 0.0877. The van der Waals surface area contributed by atoms with Gasteiger partial charge < -0.3 is 24.8 Å². The van der Waals surface area contributed by atoms with Gasteiger partial charge in [-0.15, -0.1) is 0 Å². The molecule has 2 aliphatic carbocycles. The largest absolute Gasteiger partial charge is 1.00 e. The summed E-state index contributed by atoms with van der Waals surface area (Å²) in [5.74, 6) is 1.10. The van der Waals surface area contributed by atoms with Crippen LogP contribution in [0.4, 0.5) is 0 Å². The number of benzene rings is 4. The SMILES string of the molecule is CCCCCCC1=C2c3c(-c4ccc(C(C)C)cc4)cccc3[CH]1[Zr+2][CH]1C(CCCCCC)=C(c3c(-c4ccc(C(C)C)cc4)cccc31)[Si]2(C)C.[Cl-].[Cl-]. The predicted octanol–water partition coefficient (Wildman–Crippen LogP) is 9.42. The molecule has 1 heterocycles. The first kappa shape index (κ1) is 43.2. The van der Waals surface area contributed by atoms with Crippen LogP contribution in [0.25, 0.3) is 32.6 Å². The Bertz CT molecular complexity index is 1820. The zero-order chi connectivity index (χ0) is 36.6. The van der Waals surface area contributed by atoms with Gasteiger partial charge in [-0.1, -0.05) is 0 Å². The Balaban J connectivity index is 0.00000280. The summed E-state index contributed by atoms with van der Waals surface area (Å²) in [5, 5.41) is 3.68. The van der Waals surface area contributed by atoms with Gasteiger partial charge in [-0.25, -0.2) is 0 Å². The minimum Gasteiger partial charge on any atom is -1.00 e. The zero-order valence-electron chi connectivity index (χ0n) is 34.2. The average Bonchev–Trinajstić information content (AvgIpc) is 3.66. The number of allylic oxidation sites excluding steroid dienone is 2. The number of hydrogen-bond donors (Lipinski definition) is 0. The Kier molecular flexibility index (Phi) is 14.8. The third-order valence-electron chi connectivity index (χ3n) is 12.6. The predicted molar refractivity (Wildman–Crippen MR) is 226 cm³/mol. The second-order valence-corrected chi connectivity index (χ2v) is 25.1. The van der Waals surface area contributed by atoms with E-state index >= 15 is 0 Å². The minimum absolute atomic E-state index is 0. The summed E-state index contributed by atoms with van der Waals surface area (Å²) in [5.41, 5.74) is 19.2. The molecule has 0 spiro atoms. The number of fused-ring (bicyclic) bond motifs is 8. The topological polar surface area (TPSA) is 0 Å². The summed E-state index contributed by atoms with van der Waals surface area (Å²) < 4.78 is 1.35. The number of unbranched alkanes of at least 4 members (excludes halogenated alkanes) is 6. The maximum atomic E-state index is 2.78. The van der Waals surface area contributed by atoms with Gasteiger partial charge in [-0.2, -0.15) is 0 Å². The van der Waals surface area contributed by atoms with Crippen LogP contribution >= 0.6 is 0 Å². The van der Waals surface area contributed by atoms with Crippen LogP contribution in [0.2, 0.25) is 13.1 Å². The third-order valence-corrected chi connectivity index (χ3v) is 21.1. The molecule has 4 bridgehead atoms. The Hall–Kier alpha value is -1.96. The van der Waals surface area contributed by atoms with Gasteiger partial charge in [0.1, 0.15) is 0 Å². The van der Waals surface area contributed by atoms with Crippen molar-refractivity contribution >= 4 is 18.5 Å². The van der Waals surface area contributed by atoms with E-state index in [1.165, 1.54) is 97.6 Å². The monoisotopic (exact) mass is 850 g/mol. The second-order valence-electron chi connectivity index (χ2n) is 17.2. The van der Waals surface area contributed by atoms with E-state index in [1.807, 2.05) is 21.5 Å². The minimum atomic E-state index is -2.21. The Morgan fingerprint density at radius 3 is 1.26 bits per heavy atom. The first-order valence-corrected chi connectivity index (χ1v) is 26.7. The van der Waals surface area contributed by atoms with Crippen molar-refractivity contribution in [2.75, 3.05) is 0 Å². The summed E-state index contributed by atoms with van der Waals surface area (Å²) in [6.45, 7) is 19.5. The standard InChI is InChI=1S/C50H62Si.2ClH.Zr/c1-9-11-13-15-19-43-33-41-21-17-23-45(39-29-25-37(26-30-39)35(3)4)47(41)49(43)51(7,8)50-44(20-16-14-12-10-2)34-42-22-18-24-46(48(42)50)40-31-27-38(28-32-40)36(5)6;;;/h17-18,21-36H,9-16,19-20H2,1-8H3;2*1H;/q;;;+2/p-2. The summed E-state index contributed by atoms with van der Waals surface area (Å²) in [6, 6.07) is 34.2. The summed E-state index contributed by atoms with van der Waals surface area (Å²) in [6.07, 6.45) is 13.3. The molecule has 284 valence electrons. The van der Waals surface area contributed by atoms with E-state index in [2.05, 4.69) is 140 Å². The molecule has 0 nitrogen and oxygen atoms in total. The molecule has 2 unspecified atom stereocenters. The van der Waals surface area contributed by atoms with Gasteiger partial charge in [0.05, 0.1) is 0 Å². The number of halogens is 2. The molecule has 0 saturated carbocycles. The number of rotatable bonds is 14. The smallest absolute Gasteiger partial charge is 1.00 e. The summed E-state index contributed by atoms with van der Waals surface area (Å²) >= 11 is -1.00. The second kappa shape index (κ2) is 18.5. The fourth-order valence-corrected chi connectivity index (χ4v) is 20.1. The van der Waals surface area contributed by atoms with Crippen LogP contribution in [0.15, 0.2) is 96.1 Å². The van der Waals surface area contributed by atoms with Crippen molar-refractivity contribution in [3.63, 3.8) is 0 Å². The van der Waals surface area contributed by atoms with Crippen LogP contribution in [0, 0.1) is 0 Å². The van der Waals surface area contributed by atoms with Crippen molar-refractivity contribution in [2.24, 2.45) is 0 Å². The molecule has 0 fully saturated rings. The van der Waals surface area contributed by atoms with Gasteiger partial charge >= 0.3 is 331 Å². The normalized spacial score (nSPS) is 17.7. The molecule has 0 radical (unpaired) electrons. The van der Waals surface area contributed by atoms with Crippen molar-refractivity contribution in [2.45, 2.75) is 138 Å². The molecular formula is C50H62Cl2SiZr. The molecule has 4 aromatic rings. The van der Waals surface area contributed by atoms with Gasteiger partial charge in [-0.05, 0) is 0 Å². The van der Waals surface area contributed by atoms with Crippen molar-refractivity contribution in [3.05, 3.63) is 129 Å². The van der Waals surface area contributed by atoms with E-state index < -0.39 is 31.3 Å². The van der Waals surface area contributed by atoms with Crippen LogP contribution in [0.5, 0.6) is 0 Å². The maximum Gasteiger partial charge on any atom is -1.00 e. The third kappa shape index (κ3) is 8.08. The molecule has 2 atom stereocenters. The van der Waals surface area contributed by atoms with Crippen LogP contribution in [0.1, 0.15) is 158 Å². The Morgan fingerprint density at radius 2 is 0.907 bits per heavy atom. The van der Waals surface area contributed by atoms with Crippen molar-refractivity contribution in [3.8, 4) is 22.3 Å². The fourth-order valence-electron chi connectivity index (χ4n) is 9.86. The molecular weight excluding hydrogens is 791 g/mol. The average molecular weight is 853 g/mol. The molecule has 0 N–H and O–H groups in total. The van der Waals surface area contributed by atoms with Crippen LogP contribution < -0.4 is 24.8 Å². The van der Waals surface area contributed by atoms with Crippen molar-refractivity contribution in [1.82, 2.24) is 0 Å². The van der Waals surface area contributed by atoms with Crippen molar-refractivity contribution < 1.29 is 48.0 Å². The molecule has 4 heteroatoms. The van der Waals surface area contributed by atoms with E-state index in [-0.39, 0.29) is 24.8 Å². The van der Waals surface area contributed by atoms with E-state index in [0.717, 1.165) is 0 Å². The Labute approximate surface area is 353 Å². The molecule has 0 saturated heterocycles. The van der Waals surface area contributed by atoms with E-state index in [0.29, 0.717) is 19.1 Å². The number of hydrogen-bond acceptors (Lipinski definition) is 0. The van der Waals surface area contributed by atoms with Gasteiger partial charge in [0.2, 0.25) is 0 Å². The molecule has 0 aromatic heterocycles. The molecule has 1 aliphatic heterocycles. The molecule has 0 amide bonds. The van der Waals surface area contributed by atoms with Gasteiger partial charge in [0.25, 0.3) is 0 Å². The van der Waals surface area contributed by atoms with Crippen molar-refractivity contribution in [1.29, 1.82) is 0 Å². The van der Waals surface area contributed by atoms with Crippen LogP contribution in [0.3, 0.4) is 0 Å². The molecule has 3 aliphatic rings. The van der Waals surface area contributed by atoms with Crippen LogP contribution in [-0.2, 0) is 23.2 Å². The maximum absolute atomic E-state index is 2.78. The first-order valence-electron chi connectivity index (χ1n) is 20.9. The molecule has 54 heavy (non-hydrogen) atoms. The van der Waals surface area contributed by atoms with Gasteiger partial charge in [0.15, 0.2) is 0 Å². The molecule has 4 aromatic carbocycles. The summed E-state index contributed by atoms with van der Waals surface area (Å²) in [4.78, 5) is 0. The van der Waals surface area contributed by atoms with Gasteiger partial charge in [-0.3, -0.25) is 0 Å². The van der Waals surface area contributed by atoms with E-state index in [4.69, 9.17) is 0 Å². The molecule has 7 rings (SSSR count).